The molecule has 0 aliphatic carbocycles. The Balaban J connectivity index is 2.19. The summed E-state index contributed by atoms with van der Waals surface area (Å²) < 4.78 is 0. The molecule has 0 aromatic heterocycles. The molecule has 1 aliphatic heterocycles. The number of piperidine rings is 1. The van der Waals surface area contributed by atoms with Crippen LogP contribution in [-0.4, -0.2) is 16.8 Å². The molecule has 4 nitrogen and oxygen atoms in total. The lowest BCUT2D eigenvalue weighted by Crippen LogP contribution is -2.36. The van der Waals surface area contributed by atoms with Crippen LogP contribution in [0.2, 0.25) is 0 Å². The molecule has 1 amide bonds. The number of nitrogens with one attached hydrogen (secondary N) is 1. The average Bonchev–Trinajstić information content (AvgIpc) is 2.17. The standard InChI is InChI=1S/C11H11NO3/c13-8-3-1-7(2-4-8)10-5-9(14)6-11(15)12-10/h1-4,10,13H,5-6H2,(H,12,15). The van der Waals surface area contributed by atoms with Crippen molar-refractivity contribution in [1.82, 2.24) is 5.32 Å². The van der Waals surface area contributed by atoms with E-state index in [2.05, 4.69) is 5.32 Å². The maximum absolute atomic E-state index is 11.2. The number of ketones is 1. The number of benzene rings is 1. The van der Waals surface area contributed by atoms with Gasteiger partial charge in [-0.05, 0) is 17.7 Å². The lowest BCUT2D eigenvalue weighted by molar-refractivity contribution is -0.132. The van der Waals surface area contributed by atoms with Gasteiger partial charge in [0.25, 0.3) is 0 Å². The van der Waals surface area contributed by atoms with Gasteiger partial charge in [-0.2, -0.15) is 0 Å². The Morgan fingerprint density at radius 2 is 1.87 bits per heavy atom. The van der Waals surface area contributed by atoms with Crippen LogP contribution in [0.15, 0.2) is 24.3 Å². The number of phenolic OH excluding ortho intramolecular Hbond substituents is 1. The number of hydrogen-bond acceptors (Lipinski definition) is 3. The molecule has 0 spiro atoms. The molecule has 1 aromatic carbocycles. The fourth-order valence-corrected chi connectivity index (χ4v) is 1.68. The largest absolute Gasteiger partial charge is 0.508 e. The second-order valence-electron chi connectivity index (χ2n) is 3.63. The zero-order chi connectivity index (χ0) is 10.8. The SMILES string of the molecule is O=C1CC(=O)NC(c2ccc(O)cc2)C1. The van der Waals surface area contributed by atoms with E-state index in [4.69, 9.17) is 5.11 Å². The first-order valence-corrected chi connectivity index (χ1v) is 4.75. The van der Waals surface area contributed by atoms with Gasteiger partial charge in [0.2, 0.25) is 5.91 Å². The lowest BCUT2D eigenvalue weighted by Gasteiger charge is -2.22. The van der Waals surface area contributed by atoms with Gasteiger partial charge in [-0.3, -0.25) is 9.59 Å². The third-order valence-corrected chi connectivity index (χ3v) is 2.42. The molecule has 2 N–H and O–H groups in total. The zero-order valence-corrected chi connectivity index (χ0v) is 8.06. The van der Waals surface area contributed by atoms with E-state index < -0.39 is 0 Å². The van der Waals surface area contributed by atoms with Gasteiger partial charge >= 0.3 is 0 Å². The molecule has 78 valence electrons. The highest BCUT2D eigenvalue weighted by Gasteiger charge is 2.25. The summed E-state index contributed by atoms with van der Waals surface area (Å²) in [7, 11) is 0. The van der Waals surface area contributed by atoms with Gasteiger partial charge in [-0.1, -0.05) is 12.1 Å². The molecule has 1 fully saturated rings. The Kier molecular flexibility index (Phi) is 2.41. The van der Waals surface area contributed by atoms with Crippen molar-refractivity contribution in [1.29, 1.82) is 0 Å². The van der Waals surface area contributed by atoms with Crippen LogP contribution in [0.4, 0.5) is 0 Å². The minimum Gasteiger partial charge on any atom is -0.508 e. The predicted octanol–water partition coefficient (Wildman–Crippen LogP) is 0.912. The van der Waals surface area contributed by atoms with Crippen molar-refractivity contribution in [3.63, 3.8) is 0 Å². The van der Waals surface area contributed by atoms with Crippen LogP contribution in [0.5, 0.6) is 5.75 Å². The molecule has 1 aromatic rings. The first-order valence-electron chi connectivity index (χ1n) is 4.75. The number of phenols is 1. The van der Waals surface area contributed by atoms with Crippen molar-refractivity contribution in [3.8, 4) is 5.75 Å². The topological polar surface area (TPSA) is 66.4 Å². The Bertz CT molecular complexity index is 381. The van der Waals surface area contributed by atoms with Gasteiger partial charge in [-0.15, -0.1) is 0 Å². The van der Waals surface area contributed by atoms with E-state index in [0.29, 0.717) is 6.42 Å². The van der Waals surface area contributed by atoms with Gasteiger partial charge < -0.3 is 10.4 Å². The highest BCUT2D eigenvalue weighted by Crippen LogP contribution is 2.23. The Morgan fingerprint density at radius 1 is 1.20 bits per heavy atom. The van der Waals surface area contributed by atoms with Crippen molar-refractivity contribution in [2.75, 3.05) is 0 Å². The van der Waals surface area contributed by atoms with E-state index in [-0.39, 0.29) is 29.9 Å². The summed E-state index contributed by atoms with van der Waals surface area (Å²) >= 11 is 0. The monoisotopic (exact) mass is 205 g/mol. The molecule has 2 rings (SSSR count). The molecule has 0 radical (unpaired) electrons. The van der Waals surface area contributed by atoms with Crippen molar-refractivity contribution in [2.24, 2.45) is 0 Å². The van der Waals surface area contributed by atoms with Crippen LogP contribution < -0.4 is 5.32 Å². The number of carbonyl (C=O) groups excluding carboxylic acids is 2. The molecule has 0 saturated carbocycles. The Morgan fingerprint density at radius 3 is 2.47 bits per heavy atom. The molecule has 1 saturated heterocycles. The summed E-state index contributed by atoms with van der Waals surface area (Å²) in [6.07, 6.45) is 0.311. The summed E-state index contributed by atoms with van der Waals surface area (Å²) in [5.74, 6) is -0.103. The van der Waals surface area contributed by atoms with Crippen LogP contribution in [0.3, 0.4) is 0 Å². The van der Waals surface area contributed by atoms with Crippen LogP contribution in [0.25, 0.3) is 0 Å². The summed E-state index contributed by atoms with van der Waals surface area (Å²) in [6, 6.07) is 6.25. The van der Waals surface area contributed by atoms with E-state index >= 15 is 0 Å². The highest BCUT2D eigenvalue weighted by atomic mass is 16.3. The van der Waals surface area contributed by atoms with Crippen LogP contribution in [0, 0.1) is 0 Å². The number of Topliss-reactive ketones (excluding diaryl/α,β-unsaturated/α-hetero) is 1. The minimum atomic E-state index is -0.251. The molecule has 4 heteroatoms. The number of amides is 1. The number of aromatic hydroxyl groups is 1. The summed E-state index contributed by atoms with van der Waals surface area (Å²) in [4.78, 5) is 22.4. The smallest absolute Gasteiger partial charge is 0.227 e. The van der Waals surface area contributed by atoms with Gasteiger partial charge in [0.1, 0.15) is 11.5 Å². The van der Waals surface area contributed by atoms with Crippen molar-refractivity contribution in [3.05, 3.63) is 29.8 Å². The molecule has 1 unspecified atom stereocenters. The minimum absolute atomic E-state index is 0.0193. The highest BCUT2D eigenvalue weighted by molar-refractivity contribution is 6.00. The van der Waals surface area contributed by atoms with E-state index in [1.165, 1.54) is 0 Å². The van der Waals surface area contributed by atoms with Crippen molar-refractivity contribution >= 4 is 11.7 Å². The lowest BCUT2D eigenvalue weighted by atomic mass is 9.96. The van der Waals surface area contributed by atoms with E-state index in [9.17, 15) is 9.59 Å². The number of rotatable bonds is 1. The summed E-state index contributed by atoms with van der Waals surface area (Å²) in [5.41, 5.74) is 0.842. The summed E-state index contributed by atoms with van der Waals surface area (Å²) in [6.45, 7) is 0. The maximum Gasteiger partial charge on any atom is 0.227 e. The maximum atomic E-state index is 11.2. The summed E-state index contributed by atoms with van der Waals surface area (Å²) in [5, 5.41) is 11.8. The zero-order valence-electron chi connectivity index (χ0n) is 8.06. The van der Waals surface area contributed by atoms with Gasteiger partial charge in [0.05, 0.1) is 12.5 Å². The third kappa shape index (κ3) is 2.15. The van der Waals surface area contributed by atoms with Crippen molar-refractivity contribution < 1.29 is 14.7 Å². The van der Waals surface area contributed by atoms with E-state index in [0.717, 1.165) is 5.56 Å². The van der Waals surface area contributed by atoms with Crippen molar-refractivity contribution in [2.45, 2.75) is 18.9 Å². The molecular weight excluding hydrogens is 194 g/mol. The first kappa shape index (κ1) is 9.71. The molecule has 1 heterocycles. The fraction of sp³-hybridized carbons (Fsp3) is 0.273. The molecule has 1 aliphatic rings. The van der Waals surface area contributed by atoms with Gasteiger partial charge in [0.15, 0.2) is 0 Å². The fourth-order valence-electron chi connectivity index (χ4n) is 1.68. The Hall–Kier alpha value is -1.84. The number of carbonyl (C=O) groups is 2. The molecular formula is C11H11NO3. The normalized spacial score (nSPS) is 21.2. The Labute approximate surface area is 86.9 Å². The predicted molar refractivity (Wildman–Crippen MR) is 53.2 cm³/mol. The quantitative estimate of drug-likeness (QED) is 0.670. The van der Waals surface area contributed by atoms with Crippen LogP contribution >= 0.6 is 0 Å². The molecule has 0 bridgehead atoms. The second-order valence-corrected chi connectivity index (χ2v) is 3.63. The molecule has 15 heavy (non-hydrogen) atoms. The van der Waals surface area contributed by atoms with E-state index in [1.54, 1.807) is 24.3 Å². The average molecular weight is 205 g/mol. The van der Waals surface area contributed by atoms with Gasteiger partial charge in [0, 0.05) is 6.42 Å². The first-order chi connectivity index (χ1) is 7.15. The second kappa shape index (κ2) is 3.73. The van der Waals surface area contributed by atoms with E-state index in [1.807, 2.05) is 0 Å². The third-order valence-electron chi connectivity index (χ3n) is 2.42. The molecule has 1 atom stereocenters. The van der Waals surface area contributed by atoms with Crippen LogP contribution in [0.1, 0.15) is 24.4 Å². The van der Waals surface area contributed by atoms with Crippen LogP contribution in [-0.2, 0) is 9.59 Å². The van der Waals surface area contributed by atoms with Gasteiger partial charge in [-0.25, -0.2) is 0 Å². The number of hydrogen-bond donors (Lipinski definition) is 2.